The van der Waals surface area contributed by atoms with Gasteiger partial charge in [0.25, 0.3) is 0 Å². The summed E-state index contributed by atoms with van der Waals surface area (Å²) < 4.78 is 10.8. The summed E-state index contributed by atoms with van der Waals surface area (Å²) in [6.45, 7) is 3.68. The number of nitrogens with zero attached hydrogens (tertiary/aromatic N) is 2. The predicted molar refractivity (Wildman–Crippen MR) is 99.8 cm³/mol. The SMILES string of the molecule is COc1cc2c(cc1OC)CN(C(=O)NC1CCN3CCCCC13)CC2. The molecular weight excluding hydrogens is 330 g/mol. The lowest BCUT2D eigenvalue weighted by Crippen LogP contribution is -2.51. The molecular formula is C20H29N3O3. The summed E-state index contributed by atoms with van der Waals surface area (Å²) >= 11 is 0. The Bertz CT molecular complexity index is 679. The summed E-state index contributed by atoms with van der Waals surface area (Å²) in [4.78, 5) is 17.3. The van der Waals surface area contributed by atoms with Crippen LogP contribution in [0.5, 0.6) is 11.5 Å². The van der Waals surface area contributed by atoms with Crippen molar-refractivity contribution in [3.8, 4) is 11.5 Å². The number of nitrogens with one attached hydrogen (secondary N) is 1. The zero-order chi connectivity index (χ0) is 18.1. The van der Waals surface area contributed by atoms with Gasteiger partial charge in [0.2, 0.25) is 0 Å². The van der Waals surface area contributed by atoms with Gasteiger partial charge < -0.3 is 19.7 Å². The highest BCUT2D eigenvalue weighted by Crippen LogP contribution is 2.33. The van der Waals surface area contributed by atoms with Crippen LogP contribution in [0.4, 0.5) is 4.79 Å². The van der Waals surface area contributed by atoms with E-state index in [2.05, 4.69) is 10.2 Å². The average molecular weight is 359 g/mol. The maximum atomic E-state index is 12.9. The first kappa shape index (κ1) is 17.5. The Labute approximate surface area is 155 Å². The van der Waals surface area contributed by atoms with E-state index < -0.39 is 0 Å². The Balaban J connectivity index is 1.42. The van der Waals surface area contributed by atoms with Crippen molar-refractivity contribution in [3.63, 3.8) is 0 Å². The van der Waals surface area contributed by atoms with Gasteiger partial charge in [0.1, 0.15) is 0 Å². The van der Waals surface area contributed by atoms with Crippen molar-refractivity contribution in [2.75, 3.05) is 33.9 Å². The topological polar surface area (TPSA) is 54.0 Å². The lowest BCUT2D eigenvalue weighted by atomic mass is 9.98. The van der Waals surface area contributed by atoms with E-state index in [1.165, 1.54) is 31.4 Å². The summed E-state index contributed by atoms with van der Waals surface area (Å²) in [7, 11) is 3.30. The van der Waals surface area contributed by atoms with Gasteiger partial charge in [0.15, 0.2) is 11.5 Å². The number of urea groups is 1. The number of methoxy groups -OCH3 is 2. The van der Waals surface area contributed by atoms with Gasteiger partial charge in [0, 0.05) is 31.7 Å². The number of rotatable bonds is 3. The van der Waals surface area contributed by atoms with E-state index in [0.717, 1.165) is 43.0 Å². The first-order valence-corrected chi connectivity index (χ1v) is 9.73. The van der Waals surface area contributed by atoms with Gasteiger partial charge in [-0.1, -0.05) is 6.42 Å². The maximum absolute atomic E-state index is 12.9. The first-order chi connectivity index (χ1) is 12.7. The van der Waals surface area contributed by atoms with E-state index in [-0.39, 0.29) is 6.03 Å². The minimum absolute atomic E-state index is 0.0721. The molecule has 2 amide bonds. The second-order valence-corrected chi connectivity index (χ2v) is 7.59. The molecule has 1 aromatic rings. The highest BCUT2D eigenvalue weighted by atomic mass is 16.5. The third-order valence-corrected chi connectivity index (χ3v) is 6.17. The van der Waals surface area contributed by atoms with E-state index in [1.807, 2.05) is 17.0 Å². The highest BCUT2D eigenvalue weighted by molar-refractivity contribution is 5.75. The van der Waals surface area contributed by atoms with Gasteiger partial charge in [-0.25, -0.2) is 4.79 Å². The van der Waals surface area contributed by atoms with Crippen LogP contribution in [0, 0.1) is 0 Å². The van der Waals surface area contributed by atoms with Crippen LogP contribution < -0.4 is 14.8 Å². The second-order valence-electron chi connectivity index (χ2n) is 7.59. The lowest BCUT2D eigenvalue weighted by Gasteiger charge is -2.35. The van der Waals surface area contributed by atoms with Gasteiger partial charge in [-0.05, 0) is 55.5 Å². The lowest BCUT2D eigenvalue weighted by molar-refractivity contribution is 0.164. The Kier molecular flexibility index (Phi) is 4.94. The van der Waals surface area contributed by atoms with Crippen molar-refractivity contribution in [1.29, 1.82) is 0 Å². The molecule has 4 rings (SSSR count). The Morgan fingerprint density at radius 2 is 1.81 bits per heavy atom. The van der Waals surface area contributed by atoms with Crippen LogP contribution in [0.25, 0.3) is 0 Å². The molecule has 3 aliphatic rings. The van der Waals surface area contributed by atoms with E-state index in [0.29, 0.717) is 18.6 Å². The molecule has 6 heteroatoms. The molecule has 6 nitrogen and oxygen atoms in total. The van der Waals surface area contributed by atoms with Crippen LogP contribution in [0.1, 0.15) is 36.8 Å². The van der Waals surface area contributed by atoms with Crippen LogP contribution in [0.3, 0.4) is 0 Å². The Morgan fingerprint density at radius 1 is 1.04 bits per heavy atom. The van der Waals surface area contributed by atoms with Crippen molar-refractivity contribution < 1.29 is 14.3 Å². The van der Waals surface area contributed by atoms with Gasteiger partial charge in [-0.2, -0.15) is 0 Å². The minimum Gasteiger partial charge on any atom is -0.493 e. The quantitative estimate of drug-likeness (QED) is 0.900. The van der Waals surface area contributed by atoms with Crippen LogP contribution in [-0.4, -0.2) is 61.8 Å². The zero-order valence-corrected chi connectivity index (χ0v) is 15.8. The van der Waals surface area contributed by atoms with Gasteiger partial charge in [-0.15, -0.1) is 0 Å². The van der Waals surface area contributed by atoms with E-state index >= 15 is 0 Å². The minimum atomic E-state index is 0.0721. The largest absolute Gasteiger partial charge is 0.493 e. The normalized spacial score (nSPS) is 25.4. The maximum Gasteiger partial charge on any atom is 0.317 e. The number of carbonyl (C=O) groups is 1. The number of hydrogen-bond acceptors (Lipinski definition) is 4. The fourth-order valence-corrected chi connectivity index (χ4v) is 4.72. The molecule has 3 aliphatic heterocycles. The number of fused-ring (bicyclic) bond motifs is 2. The van der Waals surface area contributed by atoms with Crippen LogP contribution in [0.15, 0.2) is 12.1 Å². The van der Waals surface area contributed by atoms with Gasteiger partial charge in [-0.3, -0.25) is 4.90 Å². The average Bonchev–Trinajstić information content (AvgIpc) is 3.09. The van der Waals surface area contributed by atoms with Gasteiger partial charge >= 0.3 is 6.03 Å². The summed E-state index contributed by atoms with van der Waals surface area (Å²) in [5.41, 5.74) is 2.39. The molecule has 0 spiro atoms. The Morgan fingerprint density at radius 3 is 2.58 bits per heavy atom. The molecule has 0 aliphatic carbocycles. The molecule has 3 heterocycles. The molecule has 1 N–H and O–H groups in total. The van der Waals surface area contributed by atoms with Crippen LogP contribution in [0.2, 0.25) is 0 Å². The standard InChI is InChI=1S/C20H29N3O3/c1-25-18-11-14-6-9-23(13-15(14)12-19(18)26-2)20(24)21-16-7-10-22-8-4-3-5-17(16)22/h11-12,16-17H,3-10,13H2,1-2H3,(H,21,24). The number of hydrogen-bond donors (Lipinski definition) is 1. The molecule has 1 aromatic carbocycles. The third kappa shape index (κ3) is 3.22. The molecule has 2 fully saturated rings. The fraction of sp³-hybridized carbons (Fsp3) is 0.650. The summed E-state index contributed by atoms with van der Waals surface area (Å²) in [5.74, 6) is 1.48. The molecule has 2 atom stereocenters. The fourth-order valence-electron chi connectivity index (χ4n) is 4.72. The third-order valence-electron chi connectivity index (χ3n) is 6.17. The molecule has 0 bridgehead atoms. The van der Waals surface area contributed by atoms with E-state index in [9.17, 15) is 4.79 Å². The number of ether oxygens (including phenoxy) is 2. The zero-order valence-electron chi connectivity index (χ0n) is 15.8. The molecule has 26 heavy (non-hydrogen) atoms. The summed E-state index contributed by atoms with van der Waals surface area (Å²) in [6.07, 6.45) is 5.72. The van der Waals surface area contributed by atoms with E-state index in [1.54, 1.807) is 14.2 Å². The number of benzene rings is 1. The van der Waals surface area contributed by atoms with Crippen molar-refractivity contribution in [1.82, 2.24) is 15.1 Å². The molecule has 0 radical (unpaired) electrons. The Hall–Kier alpha value is -1.95. The molecule has 0 saturated carbocycles. The van der Waals surface area contributed by atoms with Crippen molar-refractivity contribution in [2.45, 2.75) is 50.7 Å². The highest BCUT2D eigenvalue weighted by Gasteiger charge is 2.37. The predicted octanol–water partition coefficient (Wildman–Crippen LogP) is 2.40. The van der Waals surface area contributed by atoms with Crippen LogP contribution >= 0.6 is 0 Å². The first-order valence-electron chi connectivity index (χ1n) is 9.73. The monoisotopic (exact) mass is 359 g/mol. The molecule has 142 valence electrons. The van der Waals surface area contributed by atoms with Gasteiger partial charge in [0.05, 0.1) is 14.2 Å². The van der Waals surface area contributed by atoms with E-state index in [4.69, 9.17) is 9.47 Å². The molecule has 2 saturated heterocycles. The van der Waals surface area contributed by atoms with Crippen molar-refractivity contribution in [2.24, 2.45) is 0 Å². The summed E-state index contributed by atoms with van der Waals surface area (Å²) in [5, 5.41) is 3.32. The summed E-state index contributed by atoms with van der Waals surface area (Å²) in [6, 6.07) is 4.96. The number of carbonyl (C=O) groups excluding carboxylic acids is 1. The van der Waals surface area contributed by atoms with Crippen molar-refractivity contribution >= 4 is 6.03 Å². The smallest absolute Gasteiger partial charge is 0.317 e. The van der Waals surface area contributed by atoms with Crippen LogP contribution in [-0.2, 0) is 13.0 Å². The van der Waals surface area contributed by atoms with Crippen molar-refractivity contribution in [3.05, 3.63) is 23.3 Å². The molecule has 0 aromatic heterocycles. The number of amides is 2. The molecule has 2 unspecified atom stereocenters. The second kappa shape index (κ2) is 7.35. The number of piperidine rings is 1.